The van der Waals surface area contributed by atoms with E-state index in [1.54, 1.807) is 6.07 Å². The van der Waals surface area contributed by atoms with Crippen LogP contribution in [0.4, 0.5) is 0 Å². The van der Waals surface area contributed by atoms with Gasteiger partial charge in [0, 0.05) is 16.8 Å². The number of carbonyl (C=O) groups is 1. The van der Waals surface area contributed by atoms with Crippen molar-refractivity contribution in [1.82, 2.24) is 4.98 Å². The zero-order valence-corrected chi connectivity index (χ0v) is 14.0. The average molecular weight is 367 g/mol. The van der Waals surface area contributed by atoms with Crippen molar-refractivity contribution >= 4 is 50.8 Å². The Hall–Kier alpha value is -1.96. The fourth-order valence-electron chi connectivity index (χ4n) is 2.14. The first-order valence-corrected chi connectivity index (χ1v) is 8.70. The molecule has 8 heteroatoms. The Labute approximate surface area is 144 Å². The van der Waals surface area contributed by atoms with Crippen LogP contribution in [0.2, 0.25) is 5.02 Å². The molecule has 1 amide bonds. The minimum absolute atomic E-state index is 0.166. The van der Waals surface area contributed by atoms with Crippen LogP contribution in [0.25, 0.3) is 10.2 Å². The smallest absolute Gasteiger partial charge is 0.252 e. The summed E-state index contributed by atoms with van der Waals surface area (Å²) in [4.78, 5) is 25.9. The Morgan fingerprint density at radius 1 is 1.39 bits per heavy atom. The molecular formula is C15H11ClN2O3S2. The third-order valence-electron chi connectivity index (χ3n) is 3.19. The maximum Gasteiger partial charge on any atom is 0.252 e. The molecule has 0 aliphatic rings. The van der Waals surface area contributed by atoms with E-state index in [1.807, 2.05) is 18.2 Å². The third-order valence-corrected chi connectivity index (χ3v) is 6.09. The number of nitrogens with two attached hydrogens (primary N) is 1. The molecule has 0 saturated carbocycles. The highest BCUT2D eigenvalue weighted by Gasteiger charge is 2.20. The van der Waals surface area contributed by atoms with Crippen LogP contribution in [0.5, 0.6) is 5.75 Å². The predicted molar refractivity (Wildman–Crippen MR) is 93.6 cm³/mol. The van der Waals surface area contributed by atoms with Gasteiger partial charge >= 0.3 is 0 Å². The van der Waals surface area contributed by atoms with Gasteiger partial charge in [0.25, 0.3) is 11.5 Å². The van der Waals surface area contributed by atoms with Gasteiger partial charge in [0.15, 0.2) is 0 Å². The molecular weight excluding hydrogens is 356 g/mol. The van der Waals surface area contributed by atoms with Crippen molar-refractivity contribution < 1.29 is 9.90 Å². The minimum Gasteiger partial charge on any atom is -0.506 e. The number of thiophene rings is 1. The Morgan fingerprint density at radius 2 is 2.13 bits per heavy atom. The summed E-state index contributed by atoms with van der Waals surface area (Å²) < 4.78 is 1.06. The van der Waals surface area contributed by atoms with Crippen molar-refractivity contribution in [2.75, 3.05) is 0 Å². The number of nitrogens with one attached hydrogen (secondary N) is 1. The van der Waals surface area contributed by atoms with Crippen molar-refractivity contribution in [2.24, 2.45) is 5.73 Å². The number of fused-ring (bicyclic) bond motifs is 1. The van der Waals surface area contributed by atoms with Gasteiger partial charge in [0.05, 0.1) is 20.0 Å². The highest BCUT2D eigenvalue weighted by atomic mass is 35.5. The van der Waals surface area contributed by atoms with E-state index in [1.165, 1.54) is 23.1 Å². The number of aromatic amines is 1. The van der Waals surface area contributed by atoms with Gasteiger partial charge < -0.3 is 15.8 Å². The molecule has 0 atom stereocenters. The normalized spacial score (nSPS) is 11.0. The molecule has 3 aromatic rings. The van der Waals surface area contributed by atoms with Crippen LogP contribution in [0, 0.1) is 0 Å². The molecule has 0 saturated heterocycles. The second kappa shape index (κ2) is 6.27. The molecule has 1 aromatic carbocycles. The van der Waals surface area contributed by atoms with Gasteiger partial charge in [-0.3, -0.25) is 9.59 Å². The summed E-state index contributed by atoms with van der Waals surface area (Å²) in [6.07, 6.45) is 0. The van der Waals surface area contributed by atoms with Gasteiger partial charge in [-0.1, -0.05) is 29.8 Å². The van der Waals surface area contributed by atoms with Gasteiger partial charge in [0.2, 0.25) is 0 Å². The van der Waals surface area contributed by atoms with Crippen molar-refractivity contribution in [2.45, 2.75) is 9.96 Å². The first kappa shape index (κ1) is 15.9. The topological polar surface area (TPSA) is 96.2 Å². The van der Waals surface area contributed by atoms with Crippen LogP contribution in [-0.2, 0) is 5.75 Å². The molecule has 0 aliphatic heterocycles. The summed E-state index contributed by atoms with van der Waals surface area (Å²) >= 11 is 8.72. The molecule has 0 fully saturated rings. The number of rotatable bonds is 4. The zero-order chi connectivity index (χ0) is 16.6. The van der Waals surface area contributed by atoms with Crippen LogP contribution in [0.3, 0.4) is 0 Å². The van der Waals surface area contributed by atoms with Gasteiger partial charge in [0.1, 0.15) is 5.75 Å². The molecule has 0 bridgehead atoms. The van der Waals surface area contributed by atoms with Crippen molar-refractivity contribution in [1.29, 1.82) is 0 Å². The van der Waals surface area contributed by atoms with Crippen LogP contribution in [-0.4, -0.2) is 16.0 Å². The number of halogens is 1. The number of aromatic nitrogens is 1. The average Bonchev–Trinajstić information content (AvgIpc) is 2.85. The van der Waals surface area contributed by atoms with Crippen LogP contribution in [0.1, 0.15) is 15.9 Å². The van der Waals surface area contributed by atoms with Crippen LogP contribution >= 0.6 is 34.7 Å². The number of primary amides is 1. The lowest BCUT2D eigenvalue weighted by atomic mass is 10.2. The SMILES string of the molecule is NC(=O)c1c(SCc2ccccc2Cl)sc2c(O)cc(=O)[nH]c12. The van der Waals surface area contributed by atoms with Gasteiger partial charge in [-0.05, 0) is 11.6 Å². The Morgan fingerprint density at radius 3 is 2.83 bits per heavy atom. The molecule has 0 radical (unpaired) electrons. The van der Waals surface area contributed by atoms with Crippen molar-refractivity contribution in [3.05, 3.63) is 56.8 Å². The number of thioether (sulfide) groups is 1. The second-order valence-corrected chi connectivity index (χ2v) is 7.40. The molecule has 5 nitrogen and oxygen atoms in total. The molecule has 23 heavy (non-hydrogen) atoms. The van der Waals surface area contributed by atoms with Gasteiger partial charge in [-0.2, -0.15) is 0 Å². The lowest BCUT2D eigenvalue weighted by Gasteiger charge is -2.03. The lowest BCUT2D eigenvalue weighted by molar-refractivity contribution is 0.0999. The van der Waals surface area contributed by atoms with E-state index in [9.17, 15) is 14.7 Å². The van der Waals surface area contributed by atoms with Crippen LogP contribution in [0.15, 0.2) is 39.3 Å². The Bertz CT molecular complexity index is 965. The molecule has 3 rings (SSSR count). The number of carbonyl (C=O) groups excluding carboxylic acids is 1. The lowest BCUT2D eigenvalue weighted by Crippen LogP contribution is -2.13. The number of H-pyrrole nitrogens is 1. The fourth-order valence-corrected chi connectivity index (χ4v) is 4.88. The molecule has 0 spiro atoms. The van der Waals surface area contributed by atoms with E-state index in [-0.39, 0.29) is 16.8 Å². The predicted octanol–water partition coefficient (Wildman–Crippen LogP) is 3.34. The molecule has 0 unspecified atom stereocenters. The molecule has 2 aromatic heterocycles. The summed E-state index contributed by atoms with van der Waals surface area (Å²) in [7, 11) is 0. The van der Waals surface area contributed by atoms with Crippen LogP contribution < -0.4 is 11.3 Å². The number of hydrogen-bond donors (Lipinski definition) is 3. The van der Waals surface area contributed by atoms with Crippen molar-refractivity contribution in [3.8, 4) is 5.75 Å². The summed E-state index contributed by atoms with van der Waals surface area (Å²) in [6, 6.07) is 8.48. The highest BCUT2D eigenvalue weighted by Crippen LogP contribution is 2.41. The molecule has 0 aliphatic carbocycles. The molecule has 4 N–H and O–H groups in total. The second-order valence-electron chi connectivity index (χ2n) is 4.73. The van der Waals surface area contributed by atoms with E-state index >= 15 is 0 Å². The standard InChI is InChI=1S/C15H11ClN2O3S2/c16-8-4-2-1-3-7(8)6-22-15-11(14(17)21)12-13(23-15)9(19)5-10(20)18-12/h1-5H,6H2,(H2,17,21)(H2,18,19,20). The van der Waals surface area contributed by atoms with Crippen molar-refractivity contribution in [3.63, 3.8) is 0 Å². The molecule has 2 heterocycles. The van der Waals surface area contributed by atoms with E-state index in [0.717, 1.165) is 11.6 Å². The number of hydrogen-bond acceptors (Lipinski definition) is 5. The first-order chi connectivity index (χ1) is 11.0. The van der Waals surface area contributed by atoms with E-state index in [2.05, 4.69) is 4.98 Å². The largest absolute Gasteiger partial charge is 0.506 e. The van der Waals surface area contributed by atoms with E-state index in [4.69, 9.17) is 17.3 Å². The van der Waals surface area contributed by atoms with E-state index < -0.39 is 11.5 Å². The number of benzene rings is 1. The molecule has 118 valence electrons. The summed E-state index contributed by atoms with van der Waals surface area (Å²) in [5.74, 6) is -0.280. The maximum atomic E-state index is 11.8. The highest BCUT2D eigenvalue weighted by molar-refractivity contribution is 8.00. The zero-order valence-electron chi connectivity index (χ0n) is 11.6. The van der Waals surface area contributed by atoms with E-state index in [0.29, 0.717) is 19.7 Å². The monoisotopic (exact) mass is 366 g/mol. The van der Waals surface area contributed by atoms with Gasteiger partial charge in [-0.25, -0.2) is 0 Å². The summed E-state index contributed by atoms with van der Waals surface area (Å²) in [5, 5.41) is 10.5. The fraction of sp³-hybridized carbons (Fsp3) is 0.0667. The summed E-state index contributed by atoms with van der Waals surface area (Å²) in [6.45, 7) is 0. The minimum atomic E-state index is -0.654. The maximum absolute atomic E-state index is 11.8. The summed E-state index contributed by atoms with van der Waals surface area (Å²) in [5.41, 5.74) is 6.37. The Kier molecular flexibility index (Phi) is 4.34. The number of pyridine rings is 1. The number of aromatic hydroxyl groups is 1. The van der Waals surface area contributed by atoms with Gasteiger partial charge in [-0.15, -0.1) is 23.1 Å². The quantitative estimate of drug-likeness (QED) is 0.617. The third kappa shape index (κ3) is 3.08. The Balaban J connectivity index is 2.05. The number of amides is 1. The first-order valence-electron chi connectivity index (χ1n) is 6.52.